The normalized spacial score (nSPS) is 13.0. The van der Waals surface area contributed by atoms with Crippen LogP contribution in [0.15, 0.2) is 59.8 Å². The van der Waals surface area contributed by atoms with Gasteiger partial charge in [-0.25, -0.2) is 4.79 Å². The summed E-state index contributed by atoms with van der Waals surface area (Å²) >= 11 is 0. The van der Waals surface area contributed by atoms with E-state index in [1.165, 1.54) is 0 Å². The Morgan fingerprint density at radius 1 is 1.00 bits per heavy atom. The summed E-state index contributed by atoms with van der Waals surface area (Å²) < 4.78 is 5.22. The molecule has 2 N–H and O–H groups in total. The Morgan fingerprint density at radius 2 is 1.64 bits per heavy atom. The van der Waals surface area contributed by atoms with Gasteiger partial charge in [-0.05, 0) is 43.9 Å². The van der Waals surface area contributed by atoms with Crippen molar-refractivity contribution in [1.82, 2.24) is 5.32 Å². The molecule has 0 saturated carbocycles. The summed E-state index contributed by atoms with van der Waals surface area (Å²) in [5.41, 5.74) is 1.89. The zero-order chi connectivity index (χ0) is 24.3. The number of carbonyl (C=O) groups is 3. The van der Waals surface area contributed by atoms with Crippen molar-refractivity contribution in [3.63, 3.8) is 0 Å². The number of carboxylic acids is 1. The highest BCUT2D eigenvalue weighted by atomic mass is 16.6. The SMILES string of the molecule is CCOC(=O)C(C)(Cc1ccc(CC(=O)NCc2ccccc2)cc1)/C(C)=N/OCC(=O)O. The molecule has 0 spiro atoms. The van der Waals surface area contributed by atoms with Gasteiger partial charge >= 0.3 is 11.9 Å². The number of carbonyl (C=O) groups excluding carboxylic acids is 2. The van der Waals surface area contributed by atoms with Crippen LogP contribution in [0.4, 0.5) is 0 Å². The Hall–Kier alpha value is -3.68. The van der Waals surface area contributed by atoms with E-state index in [0.717, 1.165) is 16.7 Å². The highest BCUT2D eigenvalue weighted by molar-refractivity contribution is 6.05. The smallest absolute Gasteiger partial charge is 0.344 e. The number of oxime groups is 1. The molecule has 0 saturated heterocycles. The lowest BCUT2D eigenvalue weighted by Gasteiger charge is -2.27. The van der Waals surface area contributed by atoms with Crippen LogP contribution in [0.3, 0.4) is 0 Å². The van der Waals surface area contributed by atoms with Crippen molar-refractivity contribution in [2.75, 3.05) is 13.2 Å². The molecule has 0 bridgehead atoms. The molecule has 0 fully saturated rings. The summed E-state index contributed by atoms with van der Waals surface area (Å²) in [6.07, 6.45) is 0.518. The molecule has 1 unspecified atom stereocenters. The zero-order valence-corrected chi connectivity index (χ0v) is 19.2. The summed E-state index contributed by atoms with van der Waals surface area (Å²) in [7, 11) is 0. The van der Waals surface area contributed by atoms with Crippen LogP contribution in [0.2, 0.25) is 0 Å². The van der Waals surface area contributed by atoms with E-state index < -0.39 is 24.0 Å². The Kier molecular flexibility index (Phi) is 9.60. The summed E-state index contributed by atoms with van der Waals surface area (Å²) in [5.74, 6) is -1.72. The van der Waals surface area contributed by atoms with Crippen molar-refractivity contribution in [2.24, 2.45) is 10.6 Å². The number of benzene rings is 2. The minimum absolute atomic E-state index is 0.0819. The van der Waals surface area contributed by atoms with Gasteiger partial charge < -0.3 is 20.0 Å². The first kappa shape index (κ1) is 25.6. The molecule has 0 radical (unpaired) electrons. The molecule has 8 heteroatoms. The van der Waals surface area contributed by atoms with Crippen LogP contribution >= 0.6 is 0 Å². The monoisotopic (exact) mass is 454 g/mol. The second-order valence-electron chi connectivity index (χ2n) is 7.83. The number of esters is 1. The van der Waals surface area contributed by atoms with E-state index >= 15 is 0 Å². The number of amides is 1. The standard InChI is InChI=1S/C25H30N2O6/c1-4-32-24(31)25(3,18(2)27-33-17-23(29)30)15-20-12-10-19(11-13-20)14-22(28)26-16-21-8-6-5-7-9-21/h5-13H,4,14-17H2,1-3H3,(H,26,28)(H,29,30)/b27-18+. The molecule has 2 aromatic rings. The van der Waals surface area contributed by atoms with E-state index in [4.69, 9.17) is 14.7 Å². The average molecular weight is 455 g/mol. The Bertz CT molecular complexity index is 972. The van der Waals surface area contributed by atoms with E-state index in [1.807, 2.05) is 54.6 Å². The van der Waals surface area contributed by atoms with Gasteiger partial charge in [0.05, 0.1) is 18.7 Å². The summed E-state index contributed by atoms with van der Waals surface area (Å²) in [4.78, 5) is 40.4. The van der Waals surface area contributed by atoms with Gasteiger partial charge in [0.1, 0.15) is 5.41 Å². The van der Waals surface area contributed by atoms with Gasteiger partial charge in [0, 0.05) is 6.54 Å². The third-order valence-corrected chi connectivity index (χ3v) is 5.19. The van der Waals surface area contributed by atoms with E-state index in [1.54, 1.807) is 20.8 Å². The molecule has 8 nitrogen and oxygen atoms in total. The molecular formula is C25H30N2O6. The fourth-order valence-corrected chi connectivity index (χ4v) is 3.15. The molecule has 0 heterocycles. The fraction of sp³-hybridized carbons (Fsp3) is 0.360. The van der Waals surface area contributed by atoms with Crippen molar-refractivity contribution in [3.05, 3.63) is 71.3 Å². The van der Waals surface area contributed by atoms with Crippen molar-refractivity contribution in [3.8, 4) is 0 Å². The fourth-order valence-electron chi connectivity index (χ4n) is 3.15. The van der Waals surface area contributed by atoms with E-state index in [0.29, 0.717) is 12.3 Å². The minimum atomic E-state index is -1.16. The highest BCUT2D eigenvalue weighted by Crippen LogP contribution is 2.27. The molecule has 0 aromatic heterocycles. The van der Waals surface area contributed by atoms with Crippen molar-refractivity contribution >= 4 is 23.6 Å². The Morgan fingerprint density at radius 3 is 2.24 bits per heavy atom. The molecule has 176 valence electrons. The quantitative estimate of drug-likeness (QED) is 0.289. The summed E-state index contributed by atoms with van der Waals surface area (Å²) in [6, 6.07) is 17.1. The lowest BCUT2D eigenvalue weighted by molar-refractivity contribution is -0.150. The molecular weight excluding hydrogens is 424 g/mol. The molecule has 2 aromatic carbocycles. The second kappa shape index (κ2) is 12.4. The van der Waals surface area contributed by atoms with Gasteiger partial charge in [-0.2, -0.15) is 0 Å². The van der Waals surface area contributed by atoms with E-state index in [2.05, 4.69) is 10.5 Å². The first-order valence-corrected chi connectivity index (χ1v) is 10.7. The van der Waals surface area contributed by atoms with Crippen LogP contribution in [-0.2, 0) is 43.3 Å². The van der Waals surface area contributed by atoms with Crippen molar-refractivity contribution in [1.29, 1.82) is 0 Å². The maximum atomic E-state index is 12.7. The molecule has 1 atom stereocenters. The van der Waals surface area contributed by atoms with E-state index in [-0.39, 0.29) is 25.4 Å². The molecule has 1 amide bonds. The molecule has 0 aliphatic heterocycles. The number of ether oxygens (including phenoxy) is 1. The number of hydrogen-bond acceptors (Lipinski definition) is 6. The van der Waals surface area contributed by atoms with Crippen molar-refractivity contribution in [2.45, 2.75) is 40.2 Å². The predicted octanol–water partition coefficient (Wildman–Crippen LogP) is 3.13. The van der Waals surface area contributed by atoms with E-state index in [9.17, 15) is 14.4 Å². The highest BCUT2D eigenvalue weighted by Gasteiger charge is 2.39. The first-order valence-electron chi connectivity index (χ1n) is 10.7. The Labute approximate surface area is 193 Å². The van der Waals surface area contributed by atoms with Gasteiger partial charge in [-0.3, -0.25) is 9.59 Å². The number of hydrogen-bond donors (Lipinski definition) is 2. The number of carboxylic acid groups (broad SMARTS) is 1. The van der Waals surface area contributed by atoms with Crippen LogP contribution in [-0.4, -0.2) is 41.9 Å². The zero-order valence-electron chi connectivity index (χ0n) is 19.2. The van der Waals surface area contributed by atoms with Gasteiger partial charge in [-0.15, -0.1) is 0 Å². The van der Waals surface area contributed by atoms with Gasteiger partial charge in [0.25, 0.3) is 0 Å². The summed E-state index contributed by atoms with van der Waals surface area (Å²) in [5, 5.41) is 15.4. The maximum Gasteiger partial charge on any atom is 0.344 e. The maximum absolute atomic E-state index is 12.7. The molecule has 0 aliphatic rings. The van der Waals surface area contributed by atoms with Crippen LogP contribution in [0, 0.1) is 5.41 Å². The predicted molar refractivity (Wildman–Crippen MR) is 124 cm³/mol. The van der Waals surface area contributed by atoms with Gasteiger partial charge in [0.15, 0.2) is 0 Å². The number of aliphatic carboxylic acids is 1. The van der Waals surface area contributed by atoms with Crippen LogP contribution in [0.1, 0.15) is 37.5 Å². The molecule has 2 rings (SSSR count). The van der Waals surface area contributed by atoms with Crippen LogP contribution in [0.25, 0.3) is 0 Å². The van der Waals surface area contributed by atoms with Crippen LogP contribution in [0.5, 0.6) is 0 Å². The summed E-state index contributed by atoms with van der Waals surface area (Å²) in [6.45, 7) is 5.07. The molecule has 33 heavy (non-hydrogen) atoms. The second-order valence-corrected chi connectivity index (χ2v) is 7.83. The van der Waals surface area contributed by atoms with Crippen LogP contribution < -0.4 is 5.32 Å². The topological polar surface area (TPSA) is 114 Å². The number of rotatable bonds is 12. The van der Waals surface area contributed by atoms with Gasteiger partial charge in [0.2, 0.25) is 12.5 Å². The van der Waals surface area contributed by atoms with Gasteiger partial charge in [-0.1, -0.05) is 59.8 Å². The largest absolute Gasteiger partial charge is 0.479 e. The third kappa shape index (κ3) is 8.07. The average Bonchev–Trinajstić information content (AvgIpc) is 2.79. The minimum Gasteiger partial charge on any atom is -0.479 e. The van der Waals surface area contributed by atoms with Crippen molar-refractivity contribution < 1.29 is 29.1 Å². The Balaban J connectivity index is 2.04. The number of nitrogens with one attached hydrogen (secondary N) is 1. The third-order valence-electron chi connectivity index (χ3n) is 5.19. The lowest BCUT2D eigenvalue weighted by Crippen LogP contribution is -2.39. The first-order chi connectivity index (χ1) is 15.7. The number of nitrogens with zero attached hydrogens (tertiary/aromatic N) is 1. The molecule has 0 aliphatic carbocycles. The lowest BCUT2D eigenvalue weighted by atomic mass is 9.79.